The quantitative estimate of drug-likeness (QED) is 0.884. The summed E-state index contributed by atoms with van der Waals surface area (Å²) in [6, 6.07) is 7.84. The fourth-order valence-corrected chi connectivity index (χ4v) is 2.26. The van der Waals surface area contributed by atoms with Crippen LogP contribution in [0, 0.1) is 6.92 Å². The number of rotatable bonds is 4. The normalized spacial score (nSPS) is 13.2. The van der Waals surface area contributed by atoms with E-state index in [4.69, 9.17) is 17.3 Å². The van der Waals surface area contributed by atoms with Crippen molar-refractivity contribution in [2.24, 2.45) is 5.73 Å². The maximum atomic E-state index is 12.4. The topological polar surface area (TPSA) is 38.9 Å². The highest BCUT2D eigenvalue weighted by atomic mass is 35.5. The number of benzene rings is 1. The van der Waals surface area contributed by atoms with E-state index in [0.717, 1.165) is 22.8 Å². The van der Waals surface area contributed by atoms with Gasteiger partial charge in [-0.05, 0) is 48.6 Å². The van der Waals surface area contributed by atoms with E-state index in [1.54, 1.807) is 0 Å². The lowest BCUT2D eigenvalue weighted by atomic mass is 9.99. The number of pyridine rings is 1. The first-order valence-electron chi connectivity index (χ1n) is 6.81. The summed E-state index contributed by atoms with van der Waals surface area (Å²) in [5.41, 5.74) is 7.83. The van der Waals surface area contributed by atoms with Gasteiger partial charge in [0.15, 0.2) is 0 Å². The summed E-state index contributed by atoms with van der Waals surface area (Å²) in [6.45, 7) is 1.91. The fourth-order valence-electron chi connectivity index (χ4n) is 2.07. The lowest BCUT2D eigenvalue weighted by Gasteiger charge is -2.13. The Morgan fingerprint density at radius 1 is 1.23 bits per heavy atom. The van der Waals surface area contributed by atoms with Crippen LogP contribution in [0.25, 0.3) is 0 Å². The minimum atomic E-state index is -4.41. The molecule has 1 aromatic carbocycles. The number of nitrogens with zero attached hydrogens (tertiary/aromatic N) is 1. The lowest BCUT2D eigenvalue weighted by Crippen LogP contribution is -2.12. The van der Waals surface area contributed by atoms with Gasteiger partial charge in [0.2, 0.25) is 0 Å². The zero-order chi connectivity index (χ0) is 16.3. The van der Waals surface area contributed by atoms with Crippen molar-refractivity contribution < 1.29 is 13.2 Å². The molecule has 2 nitrogen and oxygen atoms in total. The van der Waals surface area contributed by atoms with Crippen molar-refractivity contribution in [3.8, 4) is 0 Å². The van der Waals surface area contributed by atoms with Crippen LogP contribution in [-0.2, 0) is 12.6 Å². The monoisotopic (exact) mass is 328 g/mol. The van der Waals surface area contributed by atoms with Crippen molar-refractivity contribution in [2.75, 3.05) is 0 Å². The van der Waals surface area contributed by atoms with Crippen molar-refractivity contribution in [3.05, 3.63) is 63.9 Å². The third-order valence-electron chi connectivity index (χ3n) is 3.48. The highest BCUT2D eigenvalue weighted by Gasteiger charge is 2.31. The molecule has 2 rings (SSSR count). The van der Waals surface area contributed by atoms with Crippen LogP contribution in [0.4, 0.5) is 13.2 Å². The molecule has 1 atom stereocenters. The van der Waals surface area contributed by atoms with Gasteiger partial charge < -0.3 is 5.73 Å². The summed E-state index contributed by atoms with van der Waals surface area (Å²) in [5.74, 6) is 0. The average Bonchev–Trinajstić information content (AvgIpc) is 2.47. The van der Waals surface area contributed by atoms with Crippen molar-refractivity contribution in [1.82, 2.24) is 4.98 Å². The van der Waals surface area contributed by atoms with Gasteiger partial charge in [-0.1, -0.05) is 29.8 Å². The average molecular weight is 329 g/mol. The largest absolute Gasteiger partial charge is 0.433 e. The third kappa shape index (κ3) is 4.21. The molecule has 2 N–H and O–H groups in total. The van der Waals surface area contributed by atoms with Crippen LogP contribution in [-0.4, -0.2) is 4.98 Å². The number of aromatic nitrogens is 1. The van der Waals surface area contributed by atoms with Crippen LogP contribution in [0.15, 0.2) is 36.5 Å². The summed E-state index contributed by atoms with van der Waals surface area (Å²) < 4.78 is 37.3. The van der Waals surface area contributed by atoms with Gasteiger partial charge in [-0.25, -0.2) is 0 Å². The van der Waals surface area contributed by atoms with E-state index in [2.05, 4.69) is 4.98 Å². The van der Waals surface area contributed by atoms with E-state index in [-0.39, 0.29) is 6.04 Å². The van der Waals surface area contributed by atoms with E-state index in [1.165, 1.54) is 12.3 Å². The standard InChI is InChI=1S/C16H16ClF3N2/c1-10-2-5-12(8-13(10)17)14(21)6-3-11-4-7-15(22-9-11)16(18,19)20/h2,4-5,7-9,14H,3,6,21H2,1H3. The minimum Gasteiger partial charge on any atom is -0.324 e. The zero-order valence-electron chi connectivity index (χ0n) is 12.0. The highest BCUT2D eigenvalue weighted by Crippen LogP contribution is 2.28. The molecule has 0 aliphatic carbocycles. The molecule has 0 radical (unpaired) electrons. The van der Waals surface area contributed by atoms with Gasteiger partial charge in [0.25, 0.3) is 0 Å². The van der Waals surface area contributed by atoms with Crippen LogP contribution < -0.4 is 5.73 Å². The number of halogens is 4. The molecule has 0 saturated heterocycles. The summed E-state index contributed by atoms with van der Waals surface area (Å²) in [4.78, 5) is 3.44. The Morgan fingerprint density at radius 3 is 2.50 bits per heavy atom. The molecule has 1 aromatic heterocycles. The van der Waals surface area contributed by atoms with Crippen molar-refractivity contribution in [3.63, 3.8) is 0 Å². The molecular weight excluding hydrogens is 313 g/mol. The summed E-state index contributed by atoms with van der Waals surface area (Å²) >= 11 is 6.06. The molecule has 1 unspecified atom stereocenters. The minimum absolute atomic E-state index is 0.222. The lowest BCUT2D eigenvalue weighted by molar-refractivity contribution is -0.141. The van der Waals surface area contributed by atoms with Crippen LogP contribution >= 0.6 is 11.6 Å². The maximum Gasteiger partial charge on any atom is 0.433 e. The molecule has 118 valence electrons. The summed E-state index contributed by atoms with van der Waals surface area (Å²) in [7, 11) is 0. The molecule has 22 heavy (non-hydrogen) atoms. The van der Waals surface area contributed by atoms with E-state index in [1.807, 2.05) is 25.1 Å². The Morgan fingerprint density at radius 2 is 1.95 bits per heavy atom. The van der Waals surface area contributed by atoms with Gasteiger partial charge in [-0.3, -0.25) is 4.98 Å². The second-order valence-electron chi connectivity index (χ2n) is 5.20. The van der Waals surface area contributed by atoms with Crippen LogP contribution in [0.2, 0.25) is 5.02 Å². The molecule has 0 saturated carbocycles. The Kier molecular flexibility index (Phi) is 5.08. The molecule has 2 aromatic rings. The van der Waals surface area contributed by atoms with E-state index in [0.29, 0.717) is 17.9 Å². The van der Waals surface area contributed by atoms with Crippen molar-refractivity contribution in [2.45, 2.75) is 32.0 Å². The third-order valence-corrected chi connectivity index (χ3v) is 3.89. The van der Waals surface area contributed by atoms with Gasteiger partial charge in [0, 0.05) is 17.3 Å². The summed E-state index contributed by atoms with van der Waals surface area (Å²) in [5, 5.41) is 0.657. The first-order chi connectivity index (χ1) is 10.3. The molecule has 1 heterocycles. The number of nitrogens with two attached hydrogens (primary N) is 1. The van der Waals surface area contributed by atoms with Crippen LogP contribution in [0.3, 0.4) is 0 Å². The predicted molar refractivity (Wildman–Crippen MR) is 80.7 cm³/mol. The second-order valence-corrected chi connectivity index (χ2v) is 5.61. The first kappa shape index (κ1) is 16.8. The molecule has 0 aliphatic heterocycles. The smallest absolute Gasteiger partial charge is 0.324 e. The van der Waals surface area contributed by atoms with Gasteiger partial charge in [-0.15, -0.1) is 0 Å². The van der Waals surface area contributed by atoms with Crippen LogP contribution in [0.1, 0.15) is 34.8 Å². The van der Waals surface area contributed by atoms with E-state index >= 15 is 0 Å². The van der Waals surface area contributed by atoms with Crippen molar-refractivity contribution in [1.29, 1.82) is 0 Å². The summed E-state index contributed by atoms with van der Waals surface area (Å²) in [6.07, 6.45) is -2.00. The van der Waals surface area contributed by atoms with Crippen LogP contribution in [0.5, 0.6) is 0 Å². The van der Waals surface area contributed by atoms with E-state index < -0.39 is 11.9 Å². The molecule has 0 bridgehead atoms. The number of alkyl halides is 3. The molecule has 0 spiro atoms. The number of aryl methyl sites for hydroxylation is 2. The van der Waals surface area contributed by atoms with Gasteiger partial charge >= 0.3 is 6.18 Å². The maximum absolute atomic E-state index is 12.4. The van der Waals surface area contributed by atoms with Gasteiger partial charge in [0.1, 0.15) is 5.69 Å². The first-order valence-corrected chi connectivity index (χ1v) is 7.19. The second kappa shape index (κ2) is 6.67. The SMILES string of the molecule is Cc1ccc(C(N)CCc2ccc(C(F)(F)F)nc2)cc1Cl. The molecule has 0 aliphatic rings. The van der Waals surface area contributed by atoms with E-state index in [9.17, 15) is 13.2 Å². The highest BCUT2D eigenvalue weighted by molar-refractivity contribution is 6.31. The number of hydrogen-bond acceptors (Lipinski definition) is 2. The van der Waals surface area contributed by atoms with Gasteiger partial charge in [-0.2, -0.15) is 13.2 Å². The molecule has 0 fully saturated rings. The zero-order valence-corrected chi connectivity index (χ0v) is 12.7. The molecule has 0 amide bonds. The Bertz CT molecular complexity index is 639. The Hall–Kier alpha value is -1.59. The molecular formula is C16H16ClF3N2. The predicted octanol–water partition coefficient (Wildman–Crippen LogP) is 4.69. The van der Waals surface area contributed by atoms with Gasteiger partial charge in [0.05, 0.1) is 0 Å². The Balaban J connectivity index is 1.98. The fraction of sp³-hybridized carbons (Fsp3) is 0.312. The number of hydrogen-bond donors (Lipinski definition) is 1. The van der Waals surface area contributed by atoms with Crippen molar-refractivity contribution >= 4 is 11.6 Å². The molecule has 6 heteroatoms. The Labute approximate surface area is 132 Å².